The Balaban J connectivity index is 1.32. The van der Waals surface area contributed by atoms with Crippen molar-refractivity contribution in [3.05, 3.63) is 65.2 Å². The highest BCUT2D eigenvalue weighted by atomic mass is 32.1. The van der Waals surface area contributed by atoms with Gasteiger partial charge in [-0.2, -0.15) is 0 Å². The molecule has 28 heavy (non-hydrogen) atoms. The highest BCUT2D eigenvalue weighted by Gasteiger charge is 2.27. The van der Waals surface area contributed by atoms with Gasteiger partial charge in [0.1, 0.15) is 0 Å². The second-order valence-corrected chi connectivity index (χ2v) is 8.20. The van der Waals surface area contributed by atoms with Crippen LogP contribution in [-0.4, -0.2) is 41.3 Å². The lowest BCUT2D eigenvalue weighted by atomic mass is 9.98. The van der Waals surface area contributed by atoms with Gasteiger partial charge in [0.15, 0.2) is 0 Å². The lowest BCUT2D eigenvalue weighted by molar-refractivity contribution is -0.133. The van der Waals surface area contributed by atoms with Crippen LogP contribution < -0.4 is 5.32 Å². The van der Waals surface area contributed by atoms with Crippen molar-refractivity contribution in [3.8, 4) is 0 Å². The molecule has 1 fully saturated rings. The predicted molar refractivity (Wildman–Crippen MR) is 111 cm³/mol. The molecule has 0 radical (unpaired) electrons. The average molecular weight is 394 g/mol. The monoisotopic (exact) mass is 393 g/mol. The van der Waals surface area contributed by atoms with E-state index in [4.69, 9.17) is 4.98 Å². The normalized spacial score (nSPS) is 16.9. The van der Waals surface area contributed by atoms with E-state index in [0.717, 1.165) is 35.5 Å². The maximum Gasteiger partial charge on any atom is 0.241 e. The first-order chi connectivity index (χ1) is 13.7. The number of benzene rings is 2. The summed E-state index contributed by atoms with van der Waals surface area (Å²) in [5, 5.41) is 3.86. The van der Waals surface area contributed by atoms with Gasteiger partial charge >= 0.3 is 0 Å². The Morgan fingerprint density at radius 2 is 1.89 bits per heavy atom. The van der Waals surface area contributed by atoms with Crippen LogP contribution in [0.4, 0.5) is 0 Å². The topological polar surface area (TPSA) is 62.3 Å². The van der Waals surface area contributed by atoms with Crippen LogP contribution in [0.3, 0.4) is 0 Å². The van der Waals surface area contributed by atoms with E-state index in [1.807, 2.05) is 53.4 Å². The van der Waals surface area contributed by atoms with Crippen LogP contribution in [0.1, 0.15) is 29.3 Å². The van der Waals surface area contributed by atoms with Gasteiger partial charge in [-0.25, -0.2) is 4.98 Å². The minimum Gasteiger partial charge on any atom is -0.347 e. The number of carbonyl (C=O) groups is 2. The number of hydrogen-bond acceptors (Lipinski definition) is 4. The fourth-order valence-electron chi connectivity index (χ4n) is 3.60. The second-order valence-electron chi connectivity index (χ2n) is 7.14. The van der Waals surface area contributed by atoms with E-state index in [1.54, 1.807) is 11.3 Å². The molecule has 144 valence electrons. The number of aromatic nitrogens is 1. The number of para-hydroxylation sites is 1. The molecule has 1 saturated heterocycles. The van der Waals surface area contributed by atoms with Gasteiger partial charge in [0.05, 0.1) is 28.2 Å². The molecular formula is C22H23N3O2S. The number of nitrogens with zero attached hydrogens (tertiary/aromatic N) is 2. The smallest absolute Gasteiger partial charge is 0.241 e. The Labute approximate surface area is 168 Å². The van der Waals surface area contributed by atoms with Crippen LogP contribution in [0.5, 0.6) is 0 Å². The summed E-state index contributed by atoms with van der Waals surface area (Å²) < 4.78 is 1.19. The number of nitrogens with one attached hydrogen (secondary N) is 1. The predicted octanol–water partition coefficient (Wildman–Crippen LogP) is 3.36. The number of hydrogen-bond donors (Lipinski definition) is 1. The summed E-state index contributed by atoms with van der Waals surface area (Å²) in [4.78, 5) is 31.3. The summed E-state index contributed by atoms with van der Waals surface area (Å²) in [7, 11) is 0. The van der Waals surface area contributed by atoms with Crippen molar-refractivity contribution < 1.29 is 9.59 Å². The Morgan fingerprint density at radius 1 is 1.11 bits per heavy atom. The largest absolute Gasteiger partial charge is 0.347 e. The maximum atomic E-state index is 12.6. The number of rotatable bonds is 5. The Morgan fingerprint density at radius 3 is 2.71 bits per heavy atom. The summed E-state index contributed by atoms with van der Waals surface area (Å²) in [5.74, 6) is 0.127. The maximum absolute atomic E-state index is 12.6. The molecule has 1 atom stereocenters. The van der Waals surface area contributed by atoms with Crippen LogP contribution >= 0.6 is 11.3 Å². The molecule has 2 aromatic carbocycles. The summed E-state index contributed by atoms with van der Waals surface area (Å²) >= 11 is 1.72. The van der Waals surface area contributed by atoms with Crippen molar-refractivity contribution in [2.45, 2.75) is 25.2 Å². The molecule has 1 aromatic heterocycles. The van der Waals surface area contributed by atoms with Crippen molar-refractivity contribution >= 4 is 33.4 Å². The van der Waals surface area contributed by atoms with Gasteiger partial charge in [0, 0.05) is 19.0 Å². The summed E-state index contributed by atoms with van der Waals surface area (Å²) in [5.41, 5.74) is 1.97. The van der Waals surface area contributed by atoms with Crippen molar-refractivity contribution in [2.24, 2.45) is 0 Å². The van der Waals surface area contributed by atoms with E-state index >= 15 is 0 Å². The van der Waals surface area contributed by atoms with Crippen molar-refractivity contribution in [1.82, 2.24) is 15.2 Å². The highest BCUT2D eigenvalue weighted by molar-refractivity contribution is 7.18. The molecule has 4 rings (SSSR count). The molecule has 0 spiro atoms. The van der Waals surface area contributed by atoms with Gasteiger partial charge < -0.3 is 10.2 Å². The molecular weight excluding hydrogens is 370 g/mol. The summed E-state index contributed by atoms with van der Waals surface area (Å²) in [6, 6.07) is 17.7. The standard InChI is InChI=1S/C22H23N3O2S/c26-20(13-16-7-2-1-3-8-16)23-14-21(27)25-12-6-9-17(15-25)22-24-18-10-4-5-11-19(18)28-22/h1-5,7-8,10-11,17H,6,9,12-15H2,(H,23,26)/t17-/m0/s1. The van der Waals surface area contributed by atoms with Gasteiger partial charge in [0.25, 0.3) is 0 Å². The first kappa shape index (κ1) is 18.6. The lowest BCUT2D eigenvalue weighted by Gasteiger charge is -2.32. The molecule has 0 aliphatic carbocycles. The first-order valence-electron chi connectivity index (χ1n) is 9.63. The number of amides is 2. The van der Waals surface area contributed by atoms with Crippen LogP contribution in [0.15, 0.2) is 54.6 Å². The number of carbonyl (C=O) groups excluding carboxylic acids is 2. The number of piperidine rings is 1. The molecule has 0 bridgehead atoms. The van der Waals surface area contributed by atoms with Crippen LogP contribution in [0.25, 0.3) is 10.2 Å². The number of fused-ring (bicyclic) bond motifs is 1. The lowest BCUT2D eigenvalue weighted by Crippen LogP contribution is -2.44. The Kier molecular flexibility index (Phi) is 5.67. The molecule has 1 aliphatic rings. The molecule has 0 saturated carbocycles. The van der Waals surface area contributed by atoms with E-state index < -0.39 is 0 Å². The van der Waals surface area contributed by atoms with Gasteiger partial charge in [-0.3, -0.25) is 9.59 Å². The van der Waals surface area contributed by atoms with E-state index in [2.05, 4.69) is 11.4 Å². The summed E-state index contributed by atoms with van der Waals surface area (Å²) in [6.45, 7) is 1.47. The number of thiazole rings is 1. The molecule has 1 N–H and O–H groups in total. The Bertz CT molecular complexity index is 937. The van der Waals surface area contributed by atoms with Crippen molar-refractivity contribution in [3.63, 3.8) is 0 Å². The van der Waals surface area contributed by atoms with E-state index in [0.29, 0.717) is 13.0 Å². The van der Waals surface area contributed by atoms with Gasteiger partial charge in [0.2, 0.25) is 11.8 Å². The molecule has 6 heteroatoms. The minimum absolute atomic E-state index is 0.0211. The third-order valence-corrected chi connectivity index (χ3v) is 6.28. The zero-order valence-corrected chi connectivity index (χ0v) is 16.5. The van der Waals surface area contributed by atoms with Crippen LogP contribution in [0.2, 0.25) is 0 Å². The van der Waals surface area contributed by atoms with Gasteiger partial charge in [-0.05, 0) is 30.5 Å². The van der Waals surface area contributed by atoms with Crippen LogP contribution in [-0.2, 0) is 16.0 Å². The molecule has 1 aliphatic heterocycles. The fourth-order valence-corrected chi connectivity index (χ4v) is 4.69. The van der Waals surface area contributed by atoms with Crippen LogP contribution in [0, 0.1) is 0 Å². The third kappa shape index (κ3) is 4.39. The minimum atomic E-state index is -0.126. The summed E-state index contributed by atoms with van der Waals surface area (Å²) in [6.07, 6.45) is 2.30. The highest BCUT2D eigenvalue weighted by Crippen LogP contribution is 2.32. The second kappa shape index (κ2) is 8.52. The molecule has 5 nitrogen and oxygen atoms in total. The molecule has 2 amide bonds. The van der Waals surface area contributed by atoms with Crippen molar-refractivity contribution in [2.75, 3.05) is 19.6 Å². The van der Waals surface area contributed by atoms with Gasteiger partial charge in [-0.15, -0.1) is 11.3 Å². The zero-order chi connectivity index (χ0) is 19.3. The average Bonchev–Trinajstić information content (AvgIpc) is 3.17. The van der Waals surface area contributed by atoms with Crippen molar-refractivity contribution in [1.29, 1.82) is 0 Å². The zero-order valence-electron chi connectivity index (χ0n) is 15.6. The SMILES string of the molecule is O=C(Cc1ccccc1)NCC(=O)N1CCC[C@H](c2nc3ccccc3s2)C1. The molecule has 2 heterocycles. The number of likely N-dealkylation sites (tertiary alicyclic amines) is 1. The fraction of sp³-hybridized carbons (Fsp3) is 0.318. The third-order valence-electron chi connectivity index (χ3n) is 5.08. The van der Waals surface area contributed by atoms with E-state index in [-0.39, 0.29) is 24.3 Å². The molecule has 0 unspecified atom stereocenters. The first-order valence-corrected chi connectivity index (χ1v) is 10.4. The van der Waals surface area contributed by atoms with Gasteiger partial charge in [-0.1, -0.05) is 42.5 Å². The van der Waals surface area contributed by atoms with E-state index in [1.165, 1.54) is 4.70 Å². The Hall–Kier alpha value is -2.73. The van der Waals surface area contributed by atoms with E-state index in [9.17, 15) is 9.59 Å². The quantitative estimate of drug-likeness (QED) is 0.723. The molecule has 3 aromatic rings.